The maximum atomic E-state index is 12.1. The normalized spacial score (nSPS) is 10.9. The monoisotopic (exact) mass is 247 g/mol. The number of anilines is 1. The van der Waals surface area contributed by atoms with E-state index >= 15 is 0 Å². The van der Waals surface area contributed by atoms with Crippen molar-refractivity contribution in [2.45, 2.75) is 33.7 Å². The molecule has 0 atom stereocenters. The van der Waals surface area contributed by atoms with Crippen LogP contribution < -0.4 is 5.32 Å². The molecule has 0 aliphatic rings. The van der Waals surface area contributed by atoms with Crippen molar-refractivity contribution >= 4 is 11.6 Å². The van der Waals surface area contributed by atoms with Crippen LogP contribution in [0.15, 0.2) is 12.4 Å². The summed E-state index contributed by atoms with van der Waals surface area (Å²) in [6.07, 6.45) is 3.45. The average Bonchev–Trinajstić information content (AvgIpc) is 2.86. The fourth-order valence-corrected chi connectivity index (χ4v) is 1.76. The minimum absolute atomic E-state index is 0.165. The Labute approximate surface area is 105 Å². The second kappa shape index (κ2) is 4.64. The molecule has 2 rings (SSSR count). The Morgan fingerprint density at radius 3 is 2.67 bits per heavy atom. The van der Waals surface area contributed by atoms with Gasteiger partial charge < -0.3 is 5.32 Å². The summed E-state index contributed by atoms with van der Waals surface area (Å²) in [7, 11) is 0. The summed E-state index contributed by atoms with van der Waals surface area (Å²) in [5.41, 5.74) is 2.74. The van der Waals surface area contributed by atoms with E-state index in [0.29, 0.717) is 16.9 Å². The van der Waals surface area contributed by atoms with Crippen molar-refractivity contribution in [3.63, 3.8) is 0 Å². The molecule has 0 unspecified atom stereocenters. The first-order valence-electron chi connectivity index (χ1n) is 5.86. The van der Waals surface area contributed by atoms with Gasteiger partial charge in [-0.1, -0.05) is 0 Å². The number of nitrogens with zero attached hydrogens (tertiary/aromatic N) is 3. The lowest BCUT2D eigenvalue weighted by Crippen LogP contribution is -2.13. The number of hydrogen-bond acceptors (Lipinski definition) is 3. The van der Waals surface area contributed by atoms with E-state index in [2.05, 4.69) is 20.6 Å². The van der Waals surface area contributed by atoms with Gasteiger partial charge in [-0.2, -0.15) is 10.2 Å². The second-order valence-corrected chi connectivity index (χ2v) is 4.57. The molecule has 18 heavy (non-hydrogen) atoms. The van der Waals surface area contributed by atoms with Gasteiger partial charge in [0, 0.05) is 17.9 Å². The van der Waals surface area contributed by atoms with Crippen molar-refractivity contribution in [3.8, 4) is 0 Å². The van der Waals surface area contributed by atoms with Crippen molar-refractivity contribution < 1.29 is 4.79 Å². The molecule has 0 saturated carbocycles. The van der Waals surface area contributed by atoms with E-state index in [4.69, 9.17) is 0 Å². The Morgan fingerprint density at radius 2 is 2.17 bits per heavy atom. The zero-order chi connectivity index (χ0) is 13.3. The molecule has 2 aromatic rings. The van der Waals surface area contributed by atoms with Crippen molar-refractivity contribution in [3.05, 3.63) is 29.3 Å². The highest BCUT2D eigenvalue weighted by Crippen LogP contribution is 2.14. The number of amides is 1. The van der Waals surface area contributed by atoms with E-state index in [1.54, 1.807) is 17.8 Å². The largest absolute Gasteiger partial charge is 0.319 e. The molecule has 6 heteroatoms. The molecule has 0 bridgehead atoms. The van der Waals surface area contributed by atoms with Gasteiger partial charge in [0.1, 0.15) is 0 Å². The number of aromatic amines is 1. The van der Waals surface area contributed by atoms with Crippen LogP contribution in [0.2, 0.25) is 0 Å². The van der Waals surface area contributed by atoms with Crippen molar-refractivity contribution in [2.24, 2.45) is 0 Å². The molecule has 2 N–H and O–H groups in total. The first-order chi connectivity index (χ1) is 8.49. The molecule has 0 aliphatic heterocycles. The molecule has 0 spiro atoms. The lowest BCUT2D eigenvalue weighted by molar-refractivity contribution is 0.102. The van der Waals surface area contributed by atoms with Crippen LogP contribution in [0.3, 0.4) is 0 Å². The number of carbonyl (C=O) groups is 1. The number of aromatic nitrogens is 4. The van der Waals surface area contributed by atoms with Crippen LogP contribution in [0.5, 0.6) is 0 Å². The first-order valence-corrected chi connectivity index (χ1v) is 5.86. The lowest BCUT2D eigenvalue weighted by Gasteiger charge is -2.04. The van der Waals surface area contributed by atoms with Gasteiger partial charge in [-0.25, -0.2) is 0 Å². The van der Waals surface area contributed by atoms with E-state index in [9.17, 15) is 4.79 Å². The topological polar surface area (TPSA) is 75.6 Å². The van der Waals surface area contributed by atoms with Crippen LogP contribution in [-0.2, 0) is 0 Å². The number of H-pyrrole nitrogens is 1. The highest BCUT2D eigenvalue weighted by atomic mass is 16.1. The van der Waals surface area contributed by atoms with E-state index in [0.717, 1.165) is 5.69 Å². The predicted molar refractivity (Wildman–Crippen MR) is 68.6 cm³/mol. The smallest absolute Gasteiger partial charge is 0.259 e. The summed E-state index contributed by atoms with van der Waals surface area (Å²) in [6.45, 7) is 7.69. The Bertz CT molecular complexity index is 547. The molecule has 0 saturated heterocycles. The van der Waals surface area contributed by atoms with Crippen molar-refractivity contribution in [1.82, 2.24) is 20.0 Å². The molecule has 1 amide bonds. The van der Waals surface area contributed by atoms with Crippen molar-refractivity contribution in [2.75, 3.05) is 5.32 Å². The van der Waals surface area contributed by atoms with Crippen LogP contribution in [0.4, 0.5) is 5.69 Å². The van der Waals surface area contributed by atoms with E-state index in [1.165, 1.54) is 0 Å². The number of hydrogen-bond donors (Lipinski definition) is 2. The van der Waals surface area contributed by atoms with E-state index in [1.807, 2.05) is 27.0 Å². The summed E-state index contributed by atoms with van der Waals surface area (Å²) in [5, 5.41) is 13.8. The summed E-state index contributed by atoms with van der Waals surface area (Å²) in [5.74, 6) is -0.165. The Hall–Kier alpha value is -2.11. The summed E-state index contributed by atoms with van der Waals surface area (Å²) < 4.78 is 1.80. The second-order valence-electron chi connectivity index (χ2n) is 4.57. The molecule has 6 nitrogen and oxygen atoms in total. The number of carbonyl (C=O) groups excluding carboxylic acids is 1. The SMILES string of the molecule is Cc1n[nH]c(C)c1C(=O)Nc1cnn(C(C)C)c1. The van der Waals surface area contributed by atoms with E-state index in [-0.39, 0.29) is 11.9 Å². The zero-order valence-corrected chi connectivity index (χ0v) is 11.0. The van der Waals surface area contributed by atoms with Crippen LogP contribution in [-0.4, -0.2) is 25.9 Å². The van der Waals surface area contributed by atoms with Crippen LogP contribution in [0.25, 0.3) is 0 Å². The molecular formula is C12H17N5O. The Kier molecular flexibility index (Phi) is 3.18. The number of nitrogens with one attached hydrogen (secondary N) is 2. The van der Waals surface area contributed by atoms with Gasteiger partial charge in [0.05, 0.1) is 23.1 Å². The number of rotatable bonds is 3. The number of aryl methyl sites for hydroxylation is 2. The van der Waals surface area contributed by atoms with Gasteiger partial charge in [-0.3, -0.25) is 14.6 Å². The predicted octanol–water partition coefficient (Wildman–Crippen LogP) is 2.06. The van der Waals surface area contributed by atoms with Gasteiger partial charge in [0.2, 0.25) is 0 Å². The minimum Gasteiger partial charge on any atom is -0.319 e. The van der Waals surface area contributed by atoms with Gasteiger partial charge in [-0.05, 0) is 27.7 Å². The van der Waals surface area contributed by atoms with Crippen LogP contribution >= 0.6 is 0 Å². The average molecular weight is 247 g/mol. The maximum Gasteiger partial charge on any atom is 0.259 e. The Balaban J connectivity index is 2.16. The quantitative estimate of drug-likeness (QED) is 0.871. The fourth-order valence-electron chi connectivity index (χ4n) is 1.76. The third kappa shape index (κ3) is 2.27. The molecule has 2 heterocycles. The molecule has 0 aliphatic carbocycles. The molecule has 0 aromatic carbocycles. The third-order valence-electron chi connectivity index (χ3n) is 2.74. The molecule has 96 valence electrons. The third-order valence-corrected chi connectivity index (χ3v) is 2.74. The van der Waals surface area contributed by atoms with Gasteiger partial charge in [-0.15, -0.1) is 0 Å². The fraction of sp³-hybridized carbons (Fsp3) is 0.417. The molecule has 0 radical (unpaired) electrons. The van der Waals surface area contributed by atoms with Crippen LogP contribution in [0.1, 0.15) is 41.6 Å². The van der Waals surface area contributed by atoms with Crippen LogP contribution in [0, 0.1) is 13.8 Å². The van der Waals surface area contributed by atoms with Gasteiger partial charge >= 0.3 is 0 Å². The summed E-state index contributed by atoms with van der Waals surface area (Å²) in [4.78, 5) is 12.1. The molecular weight excluding hydrogens is 230 g/mol. The first kappa shape index (κ1) is 12.3. The highest BCUT2D eigenvalue weighted by molar-refractivity contribution is 6.05. The van der Waals surface area contributed by atoms with E-state index < -0.39 is 0 Å². The minimum atomic E-state index is -0.165. The van der Waals surface area contributed by atoms with Crippen molar-refractivity contribution in [1.29, 1.82) is 0 Å². The Morgan fingerprint density at radius 1 is 1.44 bits per heavy atom. The summed E-state index contributed by atoms with van der Waals surface area (Å²) >= 11 is 0. The standard InChI is InChI=1S/C12H17N5O/c1-7(2)17-6-10(5-13-17)14-12(18)11-8(3)15-16-9(11)4/h5-7H,1-4H3,(H,14,18)(H,15,16). The lowest BCUT2D eigenvalue weighted by atomic mass is 10.2. The maximum absolute atomic E-state index is 12.1. The molecule has 2 aromatic heterocycles. The highest BCUT2D eigenvalue weighted by Gasteiger charge is 2.16. The zero-order valence-electron chi connectivity index (χ0n) is 11.0. The molecule has 0 fully saturated rings. The van der Waals surface area contributed by atoms with Gasteiger partial charge in [0.15, 0.2) is 0 Å². The van der Waals surface area contributed by atoms with Gasteiger partial charge in [0.25, 0.3) is 5.91 Å². The summed E-state index contributed by atoms with van der Waals surface area (Å²) in [6, 6.07) is 0.271.